The van der Waals surface area contributed by atoms with Crippen molar-refractivity contribution in [2.45, 2.75) is 19.3 Å². The molecular weight excluding hydrogens is 715 g/mol. The van der Waals surface area contributed by atoms with Gasteiger partial charge >= 0.3 is 0 Å². The fourth-order valence-electron chi connectivity index (χ4n) is 9.97. The number of para-hydroxylation sites is 1. The number of furan rings is 1. The molecule has 0 bridgehead atoms. The summed E-state index contributed by atoms with van der Waals surface area (Å²) in [5.74, 6) is 0. The highest BCUT2D eigenvalue weighted by Crippen LogP contribution is 2.51. The van der Waals surface area contributed by atoms with Crippen molar-refractivity contribution in [2.24, 2.45) is 0 Å². The second-order valence-corrected chi connectivity index (χ2v) is 16.5. The lowest BCUT2D eigenvalue weighted by molar-refractivity contribution is 0.660. The zero-order valence-electron chi connectivity index (χ0n) is 32.9. The van der Waals surface area contributed by atoms with Crippen LogP contribution in [0.4, 0.5) is 17.1 Å². The molecule has 0 atom stereocenters. The normalized spacial score (nSPS) is 13.1. The van der Waals surface area contributed by atoms with Crippen LogP contribution in [0.25, 0.3) is 87.6 Å². The first-order valence-electron chi connectivity index (χ1n) is 20.5. The summed E-state index contributed by atoms with van der Waals surface area (Å²) in [6.45, 7) is 4.72. The van der Waals surface area contributed by atoms with E-state index in [1.54, 1.807) is 0 Å². The van der Waals surface area contributed by atoms with Gasteiger partial charge in [-0.05, 0) is 131 Å². The Morgan fingerprint density at radius 1 is 0.322 bits per heavy atom. The highest BCUT2D eigenvalue weighted by atomic mass is 16.3. The van der Waals surface area contributed by atoms with E-state index in [1.807, 2.05) is 6.07 Å². The maximum Gasteiger partial charge on any atom is 0.136 e. The average Bonchev–Trinajstić information content (AvgIpc) is 3.77. The number of hydrogen-bond acceptors (Lipinski definition) is 2. The molecule has 0 radical (unpaired) electrons. The SMILES string of the molecule is CC1(C)c2ccccc2-c2ccc(N(c3ccc(-c4cc5oc6ccccc6c5cc4-c4ccccc4)cc3)c3ccc4c5ccccc5c5ccccc5c4c3)cc21. The molecule has 1 aromatic heterocycles. The Kier molecular flexibility index (Phi) is 7.31. The molecule has 0 unspecified atom stereocenters. The Hall–Kier alpha value is -7.42. The minimum absolute atomic E-state index is 0.126. The Balaban J connectivity index is 1.06. The van der Waals surface area contributed by atoms with Crippen molar-refractivity contribution in [2.75, 3.05) is 4.90 Å². The zero-order valence-corrected chi connectivity index (χ0v) is 32.9. The maximum atomic E-state index is 6.44. The second kappa shape index (κ2) is 12.8. The van der Waals surface area contributed by atoms with E-state index in [9.17, 15) is 0 Å². The topological polar surface area (TPSA) is 16.4 Å². The average molecular weight is 754 g/mol. The van der Waals surface area contributed by atoms with Crippen molar-refractivity contribution in [3.63, 3.8) is 0 Å². The minimum Gasteiger partial charge on any atom is -0.456 e. The summed E-state index contributed by atoms with van der Waals surface area (Å²) in [6, 6.07) is 73.3. The molecule has 2 nitrogen and oxygen atoms in total. The van der Waals surface area contributed by atoms with Gasteiger partial charge in [-0.25, -0.2) is 0 Å². The highest BCUT2D eigenvalue weighted by Gasteiger charge is 2.35. The van der Waals surface area contributed by atoms with Gasteiger partial charge in [-0.1, -0.05) is 159 Å². The van der Waals surface area contributed by atoms with Gasteiger partial charge in [0.05, 0.1) is 0 Å². The molecule has 1 aliphatic rings. The summed E-state index contributed by atoms with van der Waals surface area (Å²) >= 11 is 0. The van der Waals surface area contributed by atoms with E-state index in [-0.39, 0.29) is 5.41 Å². The first-order valence-corrected chi connectivity index (χ1v) is 20.5. The molecule has 1 aliphatic carbocycles. The van der Waals surface area contributed by atoms with Crippen molar-refractivity contribution < 1.29 is 4.42 Å². The van der Waals surface area contributed by atoms with Gasteiger partial charge < -0.3 is 9.32 Å². The molecule has 12 rings (SSSR count). The molecule has 0 N–H and O–H groups in total. The van der Waals surface area contributed by atoms with Crippen molar-refractivity contribution >= 4 is 71.3 Å². The van der Waals surface area contributed by atoms with Crippen LogP contribution in [0, 0.1) is 0 Å². The summed E-state index contributed by atoms with van der Waals surface area (Å²) in [4.78, 5) is 2.44. The molecular formula is C57H39NO. The number of anilines is 3. The van der Waals surface area contributed by atoms with Crippen LogP contribution in [0.1, 0.15) is 25.0 Å². The van der Waals surface area contributed by atoms with E-state index < -0.39 is 0 Å². The van der Waals surface area contributed by atoms with E-state index >= 15 is 0 Å². The second-order valence-electron chi connectivity index (χ2n) is 16.5. The van der Waals surface area contributed by atoms with Crippen molar-refractivity contribution in [1.29, 1.82) is 0 Å². The largest absolute Gasteiger partial charge is 0.456 e. The van der Waals surface area contributed by atoms with Crippen LogP contribution in [0.5, 0.6) is 0 Å². The van der Waals surface area contributed by atoms with E-state index in [0.29, 0.717) is 0 Å². The molecule has 0 amide bonds. The molecule has 278 valence electrons. The molecule has 0 spiro atoms. The summed E-state index contributed by atoms with van der Waals surface area (Å²) in [7, 11) is 0. The molecule has 0 saturated heterocycles. The Morgan fingerprint density at radius 3 is 1.59 bits per heavy atom. The van der Waals surface area contributed by atoms with Gasteiger partial charge in [0, 0.05) is 33.2 Å². The third kappa shape index (κ3) is 5.13. The van der Waals surface area contributed by atoms with Crippen LogP contribution in [0.2, 0.25) is 0 Å². The molecule has 0 aliphatic heterocycles. The monoisotopic (exact) mass is 753 g/mol. The molecule has 0 fully saturated rings. The minimum atomic E-state index is -0.126. The fourth-order valence-corrected chi connectivity index (χ4v) is 9.97. The predicted molar refractivity (Wildman–Crippen MR) is 249 cm³/mol. The molecule has 1 heterocycles. The van der Waals surface area contributed by atoms with Crippen LogP contribution in [0.15, 0.2) is 205 Å². The quantitative estimate of drug-likeness (QED) is 0.163. The van der Waals surface area contributed by atoms with Gasteiger partial charge in [0.15, 0.2) is 0 Å². The maximum absolute atomic E-state index is 6.44. The van der Waals surface area contributed by atoms with Gasteiger partial charge in [0.25, 0.3) is 0 Å². The molecule has 11 aromatic rings. The third-order valence-electron chi connectivity index (χ3n) is 12.8. The van der Waals surface area contributed by atoms with Gasteiger partial charge in [-0.3, -0.25) is 0 Å². The number of nitrogens with zero attached hydrogens (tertiary/aromatic N) is 1. The number of fused-ring (bicyclic) bond motifs is 12. The number of hydrogen-bond donors (Lipinski definition) is 0. The molecule has 0 saturated carbocycles. The van der Waals surface area contributed by atoms with E-state index in [0.717, 1.165) is 50.1 Å². The lowest BCUT2D eigenvalue weighted by Gasteiger charge is -2.29. The lowest BCUT2D eigenvalue weighted by Crippen LogP contribution is -2.16. The Labute approximate surface area is 343 Å². The first-order chi connectivity index (χ1) is 29.0. The summed E-state index contributed by atoms with van der Waals surface area (Å²) in [5.41, 5.74) is 15.0. The molecule has 2 heteroatoms. The standard InChI is InChI=1S/C57H39NO/c1-57(2)53-22-12-10-20-46(53)47-31-29-40(33-54(47)57)58(39-28-30-45-43-18-7-6-16-41(43)42-17-8-9-19-44(42)51(45)32-39)38-26-24-37(25-27-38)50-35-56-52(48-21-11-13-23-55(48)59-56)34-49(50)36-14-4-3-5-15-36/h3-35H,1-2H3. The summed E-state index contributed by atoms with van der Waals surface area (Å²) in [5, 5.41) is 9.87. The van der Waals surface area contributed by atoms with Gasteiger partial charge in [-0.15, -0.1) is 0 Å². The van der Waals surface area contributed by atoms with E-state index in [4.69, 9.17) is 4.42 Å². The Bertz CT molecular complexity index is 3430. The van der Waals surface area contributed by atoms with Crippen LogP contribution in [-0.4, -0.2) is 0 Å². The van der Waals surface area contributed by atoms with Crippen LogP contribution < -0.4 is 4.90 Å². The summed E-state index contributed by atoms with van der Waals surface area (Å²) < 4.78 is 6.44. The van der Waals surface area contributed by atoms with Gasteiger partial charge in [-0.2, -0.15) is 0 Å². The van der Waals surface area contributed by atoms with E-state index in [1.165, 1.54) is 65.7 Å². The first kappa shape index (κ1) is 33.7. The van der Waals surface area contributed by atoms with Crippen LogP contribution >= 0.6 is 0 Å². The number of rotatable bonds is 5. The van der Waals surface area contributed by atoms with Crippen LogP contribution in [0.3, 0.4) is 0 Å². The van der Waals surface area contributed by atoms with Crippen molar-refractivity contribution in [3.8, 4) is 33.4 Å². The summed E-state index contributed by atoms with van der Waals surface area (Å²) in [6.07, 6.45) is 0. The van der Waals surface area contributed by atoms with Crippen molar-refractivity contribution in [1.82, 2.24) is 0 Å². The Morgan fingerprint density at radius 2 is 0.847 bits per heavy atom. The fraction of sp³-hybridized carbons (Fsp3) is 0.0526. The number of benzene rings is 10. The smallest absolute Gasteiger partial charge is 0.136 e. The third-order valence-corrected chi connectivity index (χ3v) is 12.8. The van der Waals surface area contributed by atoms with Gasteiger partial charge in [0.2, 0.25) is 0 Å². The van der Waals surface area contributed by atoms with E-state index in [2.05, 4.69) is 213 Å². The highest BCUT2D eigenvalue weighted by molar-refractivity contribution is 6.25. The predicted octanol–water partition coefficient (Wildman–Crippen LogP) is 16.2. The van der Waals surface area contributed by atoms with Crippen molar-refractivity contribution in [3.05, 3.63) is 211 Å². The lowest BCUT2D eigenvalue weighted by atomic mass is 9.82. The van der Waals surface area contributed by atoms with Gasteiger partial charge in [0.1, 0.15) is 11.2 Å². The zero-order chi connectivity index (χ0) is 39.2. The molecule has 59 heavy (non-hydrogen) atoms. The molecule has 10 aromatic carbocycles. The van der Waals surface area contributed by atoms with Crippen LogP contribution in [-0.2, 0) is 5.41 Å².